The minimum Gasteiger partial charge on any atom is -0.322 e. The fraction of sp³-hybridized carbons (Fsp3) is 0.476. The lowest BCUT2D eigenvalue weighted by Crippen LogP contribution is -2.27. The summed E-state index contributed by atoms with van der Waals surface area (Å²) in [6.07, 6.45) is 4.19. The van der Waals surface area contributed by atoms with E-state index in [2.05, 4.69) is 60.4 Å². The quantitative estimate of drug-likeness (QED) is 0.605. The molecule has 1 unspecified atom stereocenters. The SMILES string of the molecule is CCc1cc(Br)ccc1NC(=O)c1csc2c1CCC(C(C)(C)C)C2. The van der Waals surface area contributed by atoms with Crippen molar-refractivity contribution in [2.24, 2.45) is 11.3 Å². The number of hydrogen-bond acceptors (Lipinski definition) is 2. The number of nitrogens with one attached hydrogen (secondary N) is 1. The second kappa shape index (κ2) is 7.24. The van der Waals surface area contributed by atoms with Gasteiger partial charge in [-0.15, -0.1) is 11.3 Å². The Morgan fingerprint density at radius 2 is 2.12 bits per heavy atom. The maximum Gasteiger partial charge on any atom is 0.256 e. The predicted octanol–water partition coefficient (Wildman–Crippen LogP) is 6.48. The molecule has 0 saturated heterocycles. The van der Waals surface area contributed by atoms with E-state index in [-0.39, 0.29) is 5.91 Å². The average molecular weight is 420 g/mol. The van der Waals surface area contributed by atoms with E-state index < -0.39 is 0 Å². The number of fused-ring (bicyclic) bond motifs is 1. The fourth-order valence-corrected chi connectivity index (χ4v) is 5.18. The van der Waals surface area contributed by atoms with Crippen molar-refractivity contribution in [1.82, 2.24) is 0 Å². The molecule has 0 radical (unpaired) electrons. The van der Waals surface area contributed by atoms with Crippen LogP contribution < -0.4 is 5.32 Å². The lowest BCUT2D eigenvalue weighted by molar-refractivity contribution is 0.102. The first-order valence-corrected chi connectivity index (χ1v) is 10.7. The van der Waals surface area contributed by atoms with Gasteiger partial charge >= 0.3 is 0 Å². The van der Waals surface area contributed by atoms with Crippen molar-refractivity contribution in [3.8, 4) is 0 Å². The van der Waals surface area contributed by atoms with Gasteiger partial charge in [0.1, 0.15) is 0 Å². The van der Waals surface area contributed by atoms with Gasteiger partial charge in [0.2, 0.25) is 0 Å². The van der Waals surface area contributed by atoms with Gasteiger partial charge in [0.25, 0.3) is 5.91 Å². The molecule has 0 bridgehead atoms. The van der Waals surface area contributed by atoms with E-state index in [4.69, 9.17) is 0 Å². The zero-order chi connectivity index (χ0) is 18.2. The first kappa shape index (κ1) is 18.7. The standard InChI is InChI=1S/C21H26BrNOS/c1-5-13-10-15(22)7-9-18(13)23-20(24)17-12-25-19-11-14(21(2,3)4)6-8-16(17)19/h7,9-10,12,14H,5-6,8,11H2,1-4H3,(H,23,24). The monoisotopic (exact) mass is 419 g/mol. The number of carbonyl (C=O) groups excluding carboxylic acids is 1. The van der Waals surface area contributed by atoms with Crippen molar-refractivity contribution in [3.05, 3.63) is 49.6 Å². The van der Waals surface area contributed by atoms with Gasteiger partial charge in [-0.1, -0.05) is 43.6 Å². The summed E-state index contributed by atoms with van der Waals surface area (Å²) in [4.78, 5) is 14.3. The normalized spacial score (nSPS) is 17.2. The number of aryl methyl sites for hydroxylation is 1. The first-order valence-electron chi connectivity index (χ1n) is 8.98. The molecule has 4 heteroatoms. The molecule has 0 aliphatic heterocycles. The molecule has 1 atom stereocenters. The van der Waals surface area contributed by atoms with Crippen LogP contribution in [0.1, 0.15) is 60.5 Å². The second-order valence-corrected chi connectivity index (χ2v) is 9.85. The van der Waals surface area contributed by atoms with Crippen LogP contribution >= 0.6 is 27.3 Å². The summed E-state index contributed by atoms with van der Waals surface area (Å²) in [7, 11) is 0. The number of hydrogen-bond donors (Lipinski definition) is 1. The highest BCUT2D eigenvalue weighted by Gasteiger charge is 2.31. The maximum atomic E-state index is 12.9. The van der Waals surface area contributed by atoms with E-state index in [1.165, 1.54) is 16.9 Å². The number of benzene rings is 1. The summed E-state index contributed by atoms with van der Waals surface area (Å²) in [6, 6.07) is 6.04. The van der Waals surface area contributed by atoms with E-state index in [1.807, 2.05) is 12.1 Å². The predicted molar refractivity (Wildman–Crippen MR) is 111 cm³/mol. The van der Waals surface area contributed by atoms with Crippen LogP contribution in [0.2, 0.25) is 0 Å². The average Bonchev–Trinajstić information content (AvgIpc) is 2.98. The molecule has 25 heavy (non-hydrogen) atoms. The van der Waals surface area contributed by atoms with Gasteiger partial charge < -0.3 is 5.32 Å². The van der Waals surface area contributed by atoms with Gasteiger partial charge in [0, 0.05) is 20.4 Å². The molecule has 1 N–H and O–H groups in total. The highest BCUT2D eigenvalue weighted by molar-refractivity contribution is 9.10. The molecule has 1 aromatic heterocycles. The van der Waals surface area contributed by atoms with Gasteiger partial charge in [-0.05, 0) is 66.3 Å². The Kier molecular flexibility index (Phi) is 5.40. The summed E-state index contributed by atoms with van der Waals surface area (Å²) >= 11 is 5.26. The molecular weight excluding hydrogens is 394 g/mol. The Balaban J connectivity index is 1.80. The molecule has 2 nitrogen and oxygen atoms in total. The molecule has 134 valence electrons. The molecule has 1 amide bonds. The topological polar surface area (TPSA) is 29.1 Å². The molecule has 1 aliphatic carbocycles. The lowest BCUT2D eigenvalue weighted by Gasteiger charge is -2.34. The van der Waals surface area contributed by atoms with Crippen LogP contribution in [0.3, 0.4) is 0 Å². The first-order chi connectivity index (χ1) is 11.8. The van der Waals surface area contributed by atoms with Crippen LogP contribution in [-0.2, 0) is 19.3 Å². The number of carbonyl (C=O) groups is 1. The van der Waals surface area contributed by atoms with E-state index >= 15 is 0 Å². The number of anilines is 1. The Labute approximate surface area is 163 Å². The molecule has 1 aromatic carbocycles. The second-order valence-electron chi connectivity index (χ2n) is 7.97. The third kappa shape index (κ3) is 4.01. The third-order valence-corrected chi connectivity index (χ3v) is 6.87. The van der Waals surface area contributed by atoms with Crippen LogP contribution in [0.4, 0.5) is 5.69 Å². The Morgan fingerprint density at radius 1 is 1.36 bits per heavy atom. The molecular formula is C21H26BrNOS. The Morgan fingerprint density at radius 3 is 2.80 bits per heavy atom. The number of thiophene rings is 1. The smallest absolute Gasteiger partial charge is 0.256 e. The summed E-state index contributed by atoms with van der Waals surface area (Å²) in [5.74, 6) is 0.733. The maximum absolute atomic E-state index is 12.9. The molecule has 0 fully saturated rings. The van der Waals surface area contributed by atoms with Crippen molar-refractivity contribution in [2.45, 2.75) is 53.4 Å². The molecule has 3 rings (SSSR count). The minimum absolute atomic E-state index is 0.0312. The van der Waals surface area contributed by atoms with Crippen molar-refractivity contribution >= 4 is 38.9 Å². The fourth-order valence-electron chi connectivity index (χ4n) is 3.61. The van der Waals surface area contributed by atoms with Gasteiger partial charge in [-0.3, -0.25) is 4.79 Å². The molecule has 0 spiro atoms. The van der Waals surface area contributed by atoms with Crippen molar-refractivity contribution in [3.63, 3.8) is 0 Å². The summed E-state index contributed by atoms with van der Waals surface area (Å²) in [5.41, 5.74) is 4.55. The van der Waals surface area contributed by atoms with Crippen LogP contribution in [-0.4, -0.2) is 5.91 Å². The van der Waals surface area contributed by atoms with Gasteiger partial charge in [-0.2, -0.15) is 0 Å². The van der Waals surface area contributed by atoms with E-state index in [0.717, 1.165) is 40.5 Å². The summed E-state index contributed by atoms with van der Waals surface area (Å²) in [6.45, 7) is 9.08. The van der Waals surface area contributed by atoms with E-state index in [9.17, 15) is 4.79 Å². The Hall–Kier alpha value is -1.13. The van der Waals surface area contributed by atoms with E-state index in [0.29, 0.717) is 11.3 Å². The van der Waals surface area contributed by atoms with Crippen LogP contribution in [0, 0.1) is 11.3 Å². The zero-order valence-electron chi connectivity index (χ0n) is 15.4. The van der Waals surface area contributed by atoms with Crippen molar-refractivity contribution in [2.75, 3.05) is 5.32 Å². The molecule has 1 aliphatic rings. The zero-order valence-corrected chi connectivity index (χ0v) is 17.8. The van der Waals surface area contributed by atoms with Gasteiger partial charge in [0.15, 0.2) is 0 Å². The third-order valence-electron chi connectivity index (χ3n) is 5.32. The van der Waals surface area contributed by atoms with Crippen LogP contribution in [0.5, 0.6) is 0 Å². The van der Waals surface area contributed by atoms with Crippen LogP contribution in [0.25, 0.3) is 0 Å². The highest BCUT2D eigenvalue weighted by Crippen LogP contribution is 2.40. The van der Waals surface area contributed by atoms with Gasteiger partial charge in [-0.25, -0.2) is 0 Å². The molecule has 1 heterocycles. The Bertz CT molecular complexity index is 788. The number of halogens is 1. The number of amides is 1. The lowest BCUT2D eigenvalue weighted by atomic mass is 9.72. The summed E-state index contributed by atoms with van der Waals surface area (Å²) < 4.78 is 1.04. The molecule has 0 saturated carbocycles. The highest BCUT2D eigenvalue weighted by atomic mass is 79.9. The van der Waals surface area contributed by atoms with Crippen molar-refractivity contribution in [1.29, 1.82) is 0 Å². The van der Waals surface area contributed by atoms with Crippen molar-refractivity contribution < 1.29 is 4.79 Å². The number of rotatable bonds is 3. The largest absolute Gasteiger partial charge is 0.322 e. The minimum atomic E-state index is 0.0312. The molecule has 2 aromatic rings. The van der Waals surface area contributed by atoms with Crippen LogP contribution in [0.15, 0.2) is 28.1 Å². The summed E-state index contributed by atoms with van der Waals surface area (Å²) in [5, 5.41) is 5.18. The van der Waals surface area contributed by atoms with Gasteiger partial charge in [0.05, 0.1) is 5.56 Å². The van der Waals surface area contributed by atoms with E-state index in [1.54, 1.807) is 11.3 Å².